The predicted molar refractivity (Wildman–Crippen MR) is 83.0 cm³/mol. The number of aliphatic hydroxyl groups is 1. The van der Waals surface area contributed by atoms with Crippen molar-refractivity contribution in [1.29, 1.82) is 0 Å². The second kappa shape index (κ2) is 7.04. The lowest BCUT2D eigenvalue weighted by Gasteiger charge is -2.15. The number of hydrogen-bond acceptors (Lipinski definition) is 5. The van der Waals surface area contributed by atoms with Crippen LogP contribution in [0, 0.1) is 0 Å². The molecule has 2 N–H and O–H groups in total. The molecule has 0 aliphatic rings. The molecule has 2 rings (SSSR count). The molecule has 0 amide bonds. The maximum Gasteiger partial charge on any atom is 0.227 e. The van der Waals surface area contributed by atoms with Crippen LogP contribution in [0.1, 0.15) is 30.9 Å². The average Bonchev–Trinajstić information content (AvgIpc) is 2.49. The summed E-state index contributed by atoms with van der Waals surface area (Å²) in [5, 5.41) is 12.0. The third kappa shape index (κ3) is 3.70. The normalized spacial score (nSPS) is 10.7. The average molecular weight is 287 g/mol. The molecule has 1 heterocycles. The van der Waals surface area contributed by atoms with Crippen LogP contribution in [0.15, 0.2) is 30.6 Å². The van der Waals surface area contributed by atoms with Gasteiger partial charge in [-0.25, -0.2) is 9.97 Å². The second-order valence-electron chi connectivity index (χ2n) is 5.07. The van der Waals surface area contributed by atoms with E-state index in [1.54, 1.807) is 0 Å². The molecular formula is C16H21N3O2. The number of anilines is 1. The number of ether oxygens (including phenoxy) is 1. The molecule has 1 aromatic heterocycles. The summed E-state index contributed by atoms with van der Waals surface area (Å²) in [6.45, 7) is 4.31. The smallest absolute Gasteiger partial charge is 0.227 e. The SMILES string of the molecule is CNc1ncnc(Oc2ccc(CCO)cc2)c1C(C)C. The van der Waals surface area contributed by atoms with Crippen LogP contribution in [-0.2, 0) is 6.42 Å². The van der Waals surface area contributed by atoms with Crippen LogP contribution < -0.4 is 10.1 Å². The lowest BCUT2D eigenvalue weighted by molar-refractivity contribution is 0.299. The summed E-state index contributed by atoms with van der Waals surface area (Å²) in [5.74, 6) is 2.32. The monoisotopic (exact) mass is 287 g/mol. The van der Waals surface area contributed by atoms with Crippen LogP contribution in [0.2, 0.25) is 0 Å². The van der Waals surface area contributed by atoms with Gasteiger partial charge in [0.05, 0.1) is 5.56 Å². The van der Waals surface area contributed by atoms with Gasteiger partial charge in [-0.2, -0.15) is 0 Å². The first-order valence-electron chi connectivity index (χ1n) is 7.06. The molecule has 0 aliphatic carbocycles. The van der Waals surface area contributed by atoms with Crippen LogP contribution in [0.25, 0.3) is 0 Å². The van der Waals surface area contributed by atoms with E-state index in [1.807, 2.05) is 31.3 Å². The van der Waals surface area contributed by atoms with Crippen molar-refractivity contribution in [1.82, 2.24) is 9.97 Å². The fraction of sp³-hybridized carbons (Fsp3) is 0.375. The zero-order valence-electron chi connectivity index (χ0n) is 12.6. The van der Waals surface area contributed by atoms with Crippen molar-refractivity contribution in [3.63, 3.8) is 0 Å². The molecule has 112 valence electrons. The first kappa shape index (κ1) is 15.3. The Balaban J connectivity index is 2.26. The summed E-state index contributed by atoms with van der Waals surface area (Å²) in [7, 11) is 1.83. The third-order valence-corrected chi connectivity index (χ3v) is 3.20. The van der Waals surface area contributed by atoms with Gasteiger partial charge in [-0.1, -0.05) is 26.0 Å². The minimum Gasteiger partial charge on any atom is -0.439 e. The zero-order valence-corrected chi connectivity index (χ0v) is 12.6. The number of rotatable bonds is 6. The van der Waals surface area contributed by atoms with Gasteiger partial charge in [-0.3, -0.25) is 0 Å². The van der Waals surface area contributed by atoms with E-state index in [-0.39, 0.29) is 12.5 Å². The zero-order chi connectivity index (χ0) is 15.2. The van der Waals surface area contributed by atoms with Crippen molar-refractivity contribution in [2.75, 3.05) is 19.0 Å². The topological polar surface area (TPSA) is 67.3 Å². The molecule has 0 bridgehead atoms. The Morgan fingerprint density at radius 2 is 1.90 bits per heavy atom. The lowest BCUT2D eigenvalue weighted by Crippen LogP contribution is -2.04. The molecule has 21 heavy (non-hydrogen) atoms. The number of benzene rings is 1. The molecule has 2 aromatic rings. The van der Waals surface area contributed by atoms with Gasteiger partial charge in [0.15, 0.2) is 0 Å². The van der Waals surface area contributed by atoms with Crippen LogP contribution in [0.3, 0.4) is 0 Å². The molecular weight excluding hydrogens is 266 g/mol. The van der Waals surface area contributed by atoms with E-state index in [0.717, 1.165) is 22.7 Å². The highest BCUT2D eigenvalue weighted by atomic mass is 16.5. The van der Waals surface area contributed by atoms with E-state index < -0.39 is 0 Å². The molecule has 0 unspecified atom stereocenters. The number of nitrogens with one attached hydrogen (secondary N) is 1. The Bertz CT molecular complexity index is 583. The molecule has 1 aromatic carbocycles. The Kier molecular flexibility index (Phi) is 5.11. The van der Waals surface area contributed by atoms with Crippen LogP contribution >= 0.6 is 0 Å². The summed E-state index contributed by atoms with van der Waals surface area (Å²) in [4.78, 5) is 8.48. The minimum atomic E-state index is 0.148. The van der Waals surface area contributed by atoms with Gasteiger partial charge in [0.25, 0.3) is 0 Å². The van der Waals surface area contributed by atoms with Gasteiger partial charge < -0.3 is 15.2 Å². The maximum absolute atomic E-state index is 8.92. The Morgan fingerprint density at radius 3 is 2.48 bits per heavy atom. The second-order valence-corrected chi connectivity index (χ2v) is 5.07. The summed E-state index contributed by atoms with van der Waals surface area (Å²) in [5.41, 5.74) is 2.03. The highest BCUT2D eigenvalue weighted by Crippen LogP contribution is 2.32. The van der Waals surface area contributed by atoms with Gasteiger partial charge in [-0.05, 0) is 30.0 Å². The maximum atomic E-state index is 8.92. The lowest BCUT2D eigenvalue weighted by atomic mass is 10.1. The van der Waals surface area contributed by atoms with E-state index in [1.165, 1.54) is 6.33 Å². The molecule has 0 fully saturated rings. The predicted octanol–water partition coefficient (Wildman–Crippen LogP) is 2.97. The van der Waals surface area contributed by atoms with Crippen LogP contribution in [0.5, 0.6) is 11.6 Å². The molecule has 0 atom stereocenters. The van der Waals surface area contributed by atoms with E-state index >= 15 is 0 Å². The molecule has 5 nitrogen and oxygen atoms in total. The Hall–Kier alpha value is -2.14. The summed E-state index contributed by atoms with van der Waals surface area (Å²) in [6, 6.07) is 7.66. The minimum absolute atomic E-state index is 0.148. The Morgan fingerprint density at radius 1 is 1.19 bits per heavy atom. The van der Waals surface area contributed by atoms with Crippen molar-refractivity contribution < 1.29 is 9.84 Å². The standard InChI is InChI=1S/C16H21N3O2/c1-11(2)14-15(17-3)18-10-19-16(14)21-13-6-4-12(5-7-13)8-9-20/h4-7,10-11,20H,8-9H2,1-3H3,(H,17,18,19). The van der Waals surface area contributed by atoms with E-state index in [9.17, 15) is 0 Å². The quantitative estimate of drug-likeness (QED) is 0.855. The van der Waals surface area contributed by atoms with Gasteiger partial charge in [0, 0.05) is 13.7 Å². The number of aliphatic hydroxyl groups excluding tert-OH is 1. The summed E-state index contributed by atoms with van der Waals surface area (Å²) >= 11 is 0. The summed E-state index contributed by atoms with van der Waals surface area (Å²) in [6.07, 6.45) is 2.14. The van der Waals surface area contributed by atoms with Gasteiger partial charge in [0.2, 0.25) is 5.88 Å². The first-order chi connectivity index (χ1) is 10.2. The third-order valence-electron chi connectivity index (χ3n) is 3.20. The van der Waals surface area contributed by atoms with Gasteiger partial charge in [-0.15, -0.1) is 0 Å². The van der Waals surface area contributed by atoms with Gasteiger partial charge in [0.1, 0.15) is 17.9 Å². The fourth-order valence-corrected chi connectivity index (χ4v) is 2.15. The van der Waals surface area contributed by atoms with Crippen molar-refractivity contribution >= 4 is 5.82 Å². The number of nitrogens with zero attached hydrogens (tertiary/aromatic N) is 2. The van der Waals surface area contributed by atoms with E-state index in [2.05, 4.69) is 29.1 Å². The van der Waals surface area contributed by atoms with Crippen molar-refractivity contribution in [2.45, 2.75) is 26.2 Å². The van der Waals surface area contributed by atoms with Crippen LogP contribution in [-0.4, -0.2) is 28.7 Å². The highest BCUT2D eigenvalue weighted by molar-refractivity contribution is 5.51. The molecule has 0 saturated heterocycles. The van der Waals surface area contributed by atoms with Crippen molar-refractivity contribution in [2.24, 2.45) is 0 Å². The highest BCUT2D eigenvalue weighted by Gasteiger charge is 2.16. The molecule has 0 saturated carbocycles. The molecule has 0 aliphatic heterocycles. The molecule has 5 heteroatoms. The van der Waals surface area contributed by atoms with E-state index in [0.29, 0.717) is 12.3 Å². The number of aromatic nitrogens is 2. The Labute approximate surface area is 125 Å². The number of hydrogen-bond donors (Lipinski definition) is 2. The first-order valence-corrected chi connectivity index (χ1v) is 7.06. The van der Waals surface area contributed by atoms with Crippen molar-refractivity contribution in [3.05, 3.63) is 41.7 Å². The fourth-order valence-electron chi connectivity index (χ4n) is 2.15. The van der Waals surface area contributed by atoms with Crippen molar-refractivity contribution in [3.8, 4) is 11.6 Å². The van der Waals surface area contributed by atoms with E-state index in [4.69, 9.17) is 9.84 Å². The van der Waals surface area contributed by atoms with Crippen LogP contribution in [0.4, 0.5) is 5.82 Å². The molecule has 0 spiro atoms. The van der Waals surface area contributed by atoms with Gasteiger partial charge >= 0.3 is 0 Å². The summed E-state index contributed by atoms with van der Waals surface area (Å²) < 4.78 is 5.89. The largest absolute Gasteiger partial charge is 0.439 e. The molecule has 0 radical (unpaired) electrons.